The summed E-state index contributed by atoms with van der Waals surface area (Å²) in [6.07, 6.45) is 3.02. The SMILES string of the molecule is O=C(CC(O)c1cccc(F)c1)NCCc1cccnc1. The van der Waals surface area contributed by atoms with Gasteiger partial charge < -0.3 is 10.4 Å². The monoisotopic (exact) mass is 288 g/mol. The van der Waals surface area contributed by atoms with E-state index in [-0.39, 0.29) is 12.3 Å². The molecule has 4 nitrogen and oxygen atoms in total. The molecule has 2 aromatic rings. The molecule has 1 atom stereocenters. The first kappa shape index (κ1) is 15.1. The summed E-state index contributed by atoms with van der Waals surface area (Å²) in [5, 5.41) is 12.6. The molecule has 0 bridgehead atoms. The summed E-state index contributed by atoms with van der Waals surface area (Å²) in [5.41, 5.74) is 1.43. The Hall–Kier alpha value is -2.27. The van der Waals surface area contributed by atoms with Gasteiger partial charge in [0.1, 0.15) is 5.82 Å². The van der Waals surface area contributed by atoms with E-state index in [9.17, 15) is 14.3 Å². The van der Waals surface area contributed by atoms with Crippen molar-refractivity contribution in [3.8, 4) is 0 Å². The minimum absolute atomic E-state index is 0.0868. The van der Waals surface area contributed by atoms with E-state index >= 15 is 0 Å². The van der Waals surface area contributed by atoms with Crippen LogP contribution in [0.2, 0.25) is 0 Å². The van der Waals surface area contributed by atoms with E-state index in [2.05, 4.69) is 10.3 Å². The molecule has 0 aliphatic carbocycles. The van der Waals surface area contributed by atoms with Crippen molar-refractivity contribution in [3.05, 3.63) is 65.7 Å². The maximum absolute atomic E-state index is 13.0. The van der Waals surface area contributed by atoms with E-state index in [4.69, 9.17) is 0 Å². The van der Waals surface area contributed by atoms with Gasteiger partial charge in [-0.1, -0.05) is 18.2 Å². The molecule has 110 valence electrons. The van der Waals surface area contributed by atoms with Crippen LogP contribution in [0.5, 0.6) is 0 Å². The van der Waals surface area contributed by atoms with Crippen molar-refractivity contribution in [2.75, 3.05) is 6.54 Å². The molecule has 1 heterocycles. The number of rotatable bonds is 6. The number of amides is 1. The average Bonchev–Trinajstić information content (AvgIpc) is 2.48. The molecule has 0 aliphatic heterocycles. The van der Waals surface area contributed by atoms with Gasteiger partial charge >= 0.3 is 0 Å². The number of aliphatic hydroxyl groups excluding tert-OH is 1. The van der Waals surface area contributed by atoms with Crippen LogP contribution in [0.4, 0.5) is 4.39 Å². The van der Waals surface area contributed by atoms with E-state index in [1.54, 1.807) is 18.5 Å². The molecule has 0 aliphatic rings. The topological polar surface area (TPSA) is 62.2 Å². The van der Waals surface area contributed by atoms with Crippen molar-refractivity contribution >= 4 is 5.91 Å². The van der Waals surface area contributed by atoms with Crippen molar-refractivity contribution in [3.63, 3.8) is 0 Å². The Labute approximate surface area is 122 Å². The largest absolute Gasteiger partial charge is 0.388 e. The summed E-state index contributed by atoms with van der Waals surface area (Å²) >= 11 is 0. The van der Waals surface area contributed by atoms with Crippen LogP contribution in [0.25, 0.3) is 0 Å². The van der Waals surface area contributed by atoms with Gasteiger partial charge in [0.2, 0.25) is 5.91 Å². The molecule has 0 saturated carbocycles. The summed E-state index contributed by atoms with van der Waals surface area (Å²) in [4.78, 5) is 15.7. The second-order valence-electron chi connectivity index (χ2n) is 4.74. The first-order valence-electron chi connectivity index (χ1n) is 6.74. The number of aliphatic hydroxyl groups is 1. The molecule has 0 spiro atoms. The number of halogens is 1. The standard InChI is InChI=1S/C16H17FN2O2/c17-14-5-1-4-13(9-14)15(20)10-16(21)19-8-6-12-3-2-7-18-11-12/h1-5,7,9,11,15,20H,6,8,10H2,(H,19,21). The average molecular weight is 288 g/mol. The Morgan fingerprint density at radius 2 is 2.19 bits per heavy atom. The molecule has 0 saturated heterocycles. The maximum atomic E-state index is 13.0. The predicted octanol–water partition coefficient (Wildman–Crippen LogP) is 2.00. The zero-order chi connectivity index (χ0) is 15.1. The van der Waals surface area contributed by atoms with Gasteiger partial charge in [-0.15, -0.1) is 0 Å². The number of hydrogen-bond acceptors (Lipinski definition) is 3. The normalized spacial score (nSPS) is 11.9. The molecule has 21 heavy (non-hydrogen) atoms. The number of nitrogens with one attached hydrogen (secondary N) is 1. The van der Waals surface area contributed by atoms with E-state index in [1.807, 2.05) is 12.1 Å². The lowest BCUT2D eigenvalue weighted by Gasteiger charge is -2.11. The van der Waals surface area contributed by atoms with Crippen LogP contribution >= 0.6 is 0 Å². The Bertz CT molecular complexity index is 590. The minimum atomic E-state index is -1.00. The van der Waals surface area contributed by atoms with E-state index in [0.29, 0.717) is 18.5 Å². The summed E-state index contributed by atoms with van der Waals surface area (Å²) < 4.78 is 13.0. The van der Waals surface area contributed by atoms with Crippen LogP contribution < -0.4 is 5.32 Å². The summed E-state index contributed by atoms with van der Waals surface area (Å²) in [6, 6.07) is 9.40. The molecule has 1 aromatic heterocycles. The van der Waals surface area contributed by atoms with Crippen LogP contribution in [0.1, 0.15) is 23.7 Å². The van der Waals surface area contributed by atoms with E-state index in [0.717, 1.165) is 5.56 Å². The fraction of sp³-hybridized carbons (Fsp3) is 0.250. The third kappa shape index (κ3) is 4.96. The number of carbonyl (C=O) groups excluding carboxylic acids is 1. The highest BCUT2D eigenvalue weighted by molar-refractivity contribution is 5.76. The minimum Gasteiger partial charge on any atom is -0.388 e. The summed E-state index contributed by atoms with van der Waals surface area (Å²) in [5.74, 6) is -0.695. The number of carbonyl (C=O) groups is 1. The number of pyridine rings is 1. The molecule has 1 unspecified atom stereocenters. The van der Waals surface area contributed by atoms with Crippen molar-refractivity contribution in [2.24, 2.45) is 0 Å². The number of nitrogens with zero attached hydrogens (tertiary/aromatic N) is 1. The van der Waals surface area contributed by atoms with E-state index in [1.165, 1.54) is 18.2 Å². The van der Waals surface area contributed by atoms with Crippen molar-refractivity contribution in [2.45, 2.75) is 18.9 Å². The van der Waals surface area contributed by atoms with Gasteiger partial charge in [0.05, 0.1) is 12.5 Å². The number of benzene rings is 1. The van der Waals surface area contributed by atoms with Gasteiger partial charge in [0.15, 0.2) is 0 Å². The van der Waals surface area contributed by atoms with Crippen LogP contribution in [0.3, 0.4) is 0 Å². The summed E-state index contributed by atoms with van der Waals surface area (Å²) in [7, 11) is 0. The fourth-order valence-corrected chi connectivity index (χ4v) is 1.97. The highest BCUT2D eigenvalue weighted by atomic mass is 19.1. The highest BCUT2D eigenvalue weighted by Crippen LogP contribution is 2.17. The molecule has 5 heteroatoms. The van der Waals surface area contributed by atoms with Gasteiger partial charge in [-0.3, -0.25) is 9.78 Å². The predicted molar refractivity (Wildman–Crippen MR) is 76.9 cm³/mol. The second-order valence-corrected chi connectivity index (χ2v) is 4.74. The zero-order valence-corrected chi connectivity index (χ0v) is 11.5. The molecule has 2 rings (SSSR count). The van der Waals surface area contributed by atoms with Gasteiger partial charge in [0, 0.05) is 18.9 Å². The van der Waals surface area contributed by atoms with Crippen molar-refractivity contribution < 1.29 is 14.3 Å². The smallest absolute Gasteiger partial charge is 0.222 e. The van der Waals surface area contributed by atoms with Gasteiger partial charge in [-0.05, 0) is 35.7 Å². The lowest BCUT2D eigenvalue weighted by Crippen LogP contribution is -2.27. The molecule has 0 fully saturated rings. The van der Waals surface area contributed by atoms with Gasteiger partial charge in [0.25, 0.3) is 0 Å². The second kappa shape index (κ2) is 7.50. The Morgan fingerprint density at radius 1 is 1.33 bits per heavy atom. The lowest BCUT2D eigenvalue weighted by molar-refractivity contribution is -0.123. The van der Waals surface area contributed by atoms with Crippen LogP contribution in [0.15, 0.2) is 48.8 Å². The fourth-order valence-electron chi connectivity index (χ4n) is 1.97. The summed E-state index contributed by atoms with van der Waals surface area (Å²) in [6.45, 7) is 0.473. The molecule has 2 N–H and O–H groups in total. The first-order valence-corrected chi connectivity index (χ1v) is 6.74. The number of aromatic nitrogens is 1. The van der Waals surface area contributed by atoms with E-state index < -0.39 is 11.9 Å². The third-order valence-corrected chi connectivity index (χ3v) is 3.07. The Kier molecular flexibility index (Phi) is 5.40. The molecule has 0 radical (unpaired) electrons. The highest BCUT2D eigenvalue weighted by Gasteiger charge is 2.13. The third-order valence-electron chi connectivity index (χ3n) is 3.07. The first-order chi connectivity index (χ1) is 10.1. The molecule has 1 aromatic carbocycles. The lowest BCUT2D eigenvalue weighted by atomic mass is 10.1. The van der Waals surface area contributed by atoms with Crippen LogP contribution in [-0.2, 0) is 11.2 Å². The molecule has 1 amide bonds. The van der Waals surface area contributed by atoms with Crippen molar-refractivity contribution in [1.29, 1.82) is 0 Å². The van der Waals surface area contributed by atoms with Gasteiger partial charge in [-0.25, -0.2) is 4.39 Å². The van der Waals surface area contributed by atoms with Crippen LogP contribution in [-0.4, -0.2) is 22.5 Å². The Balaban J connectivity index is 1.76. The maximum Gasteiger partial charge on any atom is 0.222 e. The molecular formula is C16H17FN2O2. The number of hydrogen-bond donors (Lipinski definition) is 2. The zero-order valence-electron chi connectivity index (χ0n) is 11.5. The van der Waals surface area contributed by atoms with Gasteiger partial charge in [-0.2, -0.15) is 0 Å². The quantitative estimate of drug-likeness (QED) is 0.854. The van der Waals surface area contributed by atoms with Crippen LogP contribution in [0, 0.1) is 5.82 Å². The molecular weight excluding hydrogens is 271 g/mol. The van der Waals surface area contributed by atoms with Crippen molar-refractivity contribution in [1.82, 2.24) is 10.3 Å². The Morgan fingerprint density at radius 3 is 2.90 bits per heavy atom.